The van der Waals surface area contributed by atoms with E-state index >= 15 is 0 Å². The Hall–Kier alpha value is -1.43. The largest absolute Gasteiger partial charge is 0.434 e. The molecule has 1 aromatic heterocycles. The van der Waals surface area contributed by atoms with Crippen LogP contribution in [0.3, 0.4) is 0 Å². The normalized spacial score (nSPS) is 12.1. The van der Waals surface area contributed by atoms with E-state index in [9.17, 15) is 17.6 Å². The number of rotatable bonds is 0. The molecule has 7 heteroatoms. The third kappa shape index (κ3) is 1.92. The third-order valence-corrected chi connectivity index (χ3v) is 2.07. The monoisotopic (exact) mass is 250 g/mol. The molecular formula is C9H3ClF4N2. The Balaban J connectivity index is 2.83. The van der Waals surface area contributed by atoms with E-state index < -0.39 is 23.0 Å². The summed E-state index contributed by atoms with van der Waals surface area (Å²) in [6.07, 6.45) is -4.65. The van der Waals surface area contributed by atoms with E-state index in [0.29, 0.717) is 0 Å². The average molecular weight is 251 g/mol. The Bertz CT molecular complexity index is 548. The van der Waals surface area contributed by atoms with Crippen LogP contribution in [0.15, 0.2) is 18.2 Å². The van der Waals surface area contributed by atoms with Crippen molar-refractivity contribution in [1.29, 1.82) is 0 Å². The summed E-state index contributed by atoms with van der Waals surface area (Å²) >= 11 is 5.34. The van der Waals surface area contributed by atoms with Crippen molar-refractivity contribution in [3.8, 4) is 0 Å². The van der Waals surface area contributed by atoms with Gasteiger partial charge < -0.3 is 0 Å². The number of fused-ring (bicyclic) bond motifs is 1. The molecular weight excluding hydrogens is 248 g/mol. The van der Waals surface area contributed by atoms with Gasteiger partial charge in [0.25, 0.3) is 0 Å². The van der Waals surface area contributed by atoms with Gasteiger partial charge in [-0.15, -0.1) is 0 Å². The number of nitrogens with zero attached hydrogens (tertiary/aromatic N) is 2. The molecule has 0 fully saturated rings. The molecule has 84 valence electrons. The fourth-order valence-corrected chi connectivity index (χ4v) is 1.47. The third-order valence-electron chi connectivity index (χ3n) is 1.90. The highest BCUT2D eigenvalue weighted by Crippen LogP contribution is 2.33. The number of hydrogen-bond acceptors (Lipinski definition) is 2. The van der Waals surface area contributed by atoms with Crippen LogP contribution in [0.5, 0.6) is 0 Å². The van der Waals surface area contributed by atoms with Crippen molar-refractivity contribution < 1.29 is 17.6 Å². The summed E-state index contributed by atoms with van der Waals surface area (Å²) in [6.45, 7) is 0. The topological polar surface area (TPSA) is 25.8 Å². The van der Waals surface area contributed by atoms with Crippen LogP contribution in [0.1, 0.15) is 5.69 Å². The summed E-state index contributed by atoms with van der Waals surface area (Å²) in [5, 5.41) is -0.844. The lowest BCUT2D eigenvalue weighted by Crippen LogP contribution is -2.10. The average Bonchev–Trinajstić information content (AvgIpc) is 2.14. The van der Waals surface area contributed by atoms with Gasteiger partial charge in [0, 0.05) is 11.5 Å². The molecule has 2 nitrogen and oxygen atoms in total. The standard InChI is InChI=1S/C9H3ClF4N2/c10-8-15-6-3-4(11)1-2-5(6)7(16-8)9(12,13)14/h1-3H. The van der Waals surface area contributed by atoms with Gasteiger partial charge in [-0.1, -0.05) is 0 Å². The van der Waals surface area contributed by atoms with Gasteiger partial charge in [-0.25, -0.2) is 14.4 Å². The van der Waals surface area contributed by atoms with Crippen LogP contribution in [-0.4, -0.2) is 9.97 Å². The van der Waals surface area contributed by atoms with Crippen LogP contribution in [-0.2, 0) is 6.18 Å². The van der Waals surface area contributed by atoms with Crippen molar-refractivity contribution in [2.45, 2.75) is 6.18 Å². The highest BCUT2D eigenvalue weighted by atomic mass is 35.5. The molecule has 0 spiro atoms. The quantitative estimate of drug-likeness (QED) is 0.529. The maximum atomic E-state index is 12.8. The molecule has 0 unspecified atom stereocenters. The van der Waals surface area contributed by atoms with Crippen molar-refractivity contribution in [3.63, 3.8) is 0 Å². The zero-order valence-corrected chi connectivity index (χ0v) is 8.27. The van der Waals surface area contributed by atoms with Crippen LogP contribution in [0.2, 0.25) is 5.28 Å². The number of alkyl halides is 3. The number of hydrogen-bond donors (Lipinski definition) is 0. The zero-order valence-electron chi connectivity index (χ0n) is 7.52. The maximum absolute atomic E-state index is 12.8. The van der Waals surface area contributed by atoms with Crippen LogP contribution >= 0.6 is 11.6 Å². The van der Waals surface area contributed by atoms with Crippen LogP contribution < -0.4 is 0 Å². The lowest BCUT2D eigenvalue weighted by atomic mass is 10.2. The van der Waals surface area contributed by atoms with E-state index in [1.807, 2.05) is 0 Å². The van der Waals surface area contributed by atoms with E-state index in [1.54, 1.807) is 0 Å². The molecule has 16 heavy (non-hydrogen) atoms. The van der Waals surface area contributed by atoms with Crippen molar-refractivity contribution >= 4 is 22.5 Å². The van der Waals surface area contributed by atoms with Crippen LogP contribution in [0, 0.1) is 5.82 Å². The summed E-state index contributed by atoms with van der Waals surface area (Å²) in [7, 11) is 0. The van der Waals surface area contributed by atoms with Gasteiger partial charge in [-0.3, -0.25) is 0 Å². The fraction of sp³-hybridized carbons (Fsp3) is 0.111. The molecule has 0 N–H and O–H groups in total. The van der Waals surface area contributed by atoms with Gasteiger partial charge in [0.15, 0.2) is 5.69 Å². The molecule has 0 saturated carbocycles. The number of benzene rings is 1. The molecule has 0 aliphatic rings. The summed E-state index contributed by atoms with van der Waals surface area (Å²) in [4.78, 5) is 6.63. The first-order valence-corrected chi connectivity index (χ1v) is 4.46. The van der Waals surface area contributed by atoms with E-state index in [2.05, 4.69) is 9.97 Å². The van der Waals surface area contributed by atoms with Crippen molar-refractivity contribution in [2.24, 2.45) is 0 Å². The molecule has 2 aromatic rings. The van der Waals surface area contributed by atoms with E-state index in [-0.39, 0.29) is 10.9 Å². The van der Waals surface area contributed by atoms with E-state index in [0.717, 1.165) is 18.2 Å². The predicted molar refractivity (Wildman–Crippen MR) is 49.5 cm³/mol. The molecule has 0 amide bonds. The number of aromatic nitrogens is 2. The summed E-state index contributed by atoms with van der Waals surface area (Å²) in [5.41, 5.74) is -1.34. The minimum atomic E-state index is -4.65. The highest BCUT2D eigenvalue weighted by Gasteiger charge is 2.35. The highest BCUT2D eigenvalue weighted by molar-refractivity contribution is 6.28. The maximum Gasteiger partial charge on any atom is 0.434 e. The summed E-state index contributed by atoms with van der Waals surface area (Å²) < 4.78 is 50.5. The van der Waals surface area contributed by atoms with E-state index in [4.69, 9.17) is 11.6 Å². The zero-order chi connectivity index (χ0) is 11.9. The van der Waals surface area contributed by atoms with Gasteiger partial charge in [0.2, 0.25) is 5.28 Å². The Morgan fingerprint density at radius 1 is 1.12 bits per heavy atom. The van der Waals surface area contributed by atoms with Crippen molar-refractivity contribution in [3.05, 3.63) is 35.0 Å². The molecule has 1 heterocycles. The molecule has 1 aromatic carbocycles. The van der Waals surface area contributed by atoms with Crippen LogP contribution in [0.4, 0.5) is 17.6 Å². The second-order valence-corrected chi connectivity index (χ2v) is 3.34. The first-order chi connectivity index (χ1) is 7.38. The van der Waals surface area contributed by atoms with Gasteiger partial charge in [-0.2, -0.15) is 13.2 Å². The van der Waals surface area contributed by atoms with E-state index in [1.165, 1.54) is 0 Å². The molecule has 0 radical (unpaired) electrons. The fourth-order valence-electron chi connectivity index (χ4n) is 1.29. The van der Waals surface area contributed by atoms with Gasteiger partial charge in [0.05, 0.1) is 5.52 Å². The first kappa shape index (κ1) is 11.1. The molecule has 0 bridgehead atoms. The second kappa shape index (κ2) is 3.55. The minimum absolute atomic E-state index is 0.174. The van der Waals surface area contributed by atoms with Gasteiger partial charge in [0.1, 0.15) is 5.82 Å². The Labute approximate surface area is 91.9 Å². The Kier molecular flexibility index (Phi) is 2.46. The van der Waals surface area contributed by atoms with Gasteiger partial charge >= 0.3 is 6.18 Å². The molecule has 2 rings (SSSR count). The van der Waals surface area contributed by atoms with Crippen molar-refractivity contribution in [1.82, 2.24) is 9.97 Å². The smallest absolute Gasteiger partial charge is 0.218 e. The lowest BCUT2D eigenvalue weighted by molar-refractivity contribution is -0.139. The first-order valence-electron chi connectivity index (χ1n) is 4.08. The summed E-state index contributed by atoms with van der Waals surface area (Å²) in [6, 6.07) is 2.76. The Morgan fingerprint density at radius 2 is 1.81 bits per heavy atom. The summed E-state index contributed by atoms with van der Waals surface area (Å²) in [5.74, 6) is -0.685. The lowest BCUT2D eigenvalue weighted by Gasteiger charge is -2.08. The minimum Gasteiger partial charge on any atom is -0.218 e. The molecule has 0 aliphatic heterocycles. The Morgan fingerprint density at radius 3 is 2.44 bits per heavy atom. The van der Waals surface area contributed by atoms with Gasteiger partial charge in [-0.05, 0) is 23.7 Å². The SMILES string of the molecule is Fc1ccc2c(C(F)(F)F)nc(Cl)nc2c1. The molecule has 0 aliphatic carbocycles. The molecule has 0 atom stereocenters. The predicted octanol–water partition coefficient (Wildman–Crippen LogP) is 3.44. The molecule has 0 saturated heterocycles. The van der Waals surface area contributed by atoms with Crippen molar-refractivity contribution in [2.75, 3.05) is 0 Å². The number of halogens is 5. The van der Waals surface area contributed by atoms with Crippen LogP contribution in [0.25, 0.3) is 10.9 Å². The second-order valence-electron chi connectivity index (χ2n) is 3.00.